The highest BCUT2D eigenvalue weighted by atomic mass is 14.0. The molecule has 15 heavy (non-hydrogen) atoms. The summed E-state index contributed by atoms with van der Waals surface area (Å²) in [6.45, 7) is 10.3. The Kier molecular flexibility index (Phi) is 17.4. The third-order valence-electron chi connectivity index (χ3n) is 1.29. The zero-order chi connectivity index (χ0) is 11.9. The molecule has 0 spiro atoms. The van der Waals surface area contributed by atoms with Gasteiger partial charge in [-0.1, -0.05) is 89.3 Å². The highest BCUT2D eigenvalue weighted by Gasteiger charge is 1.95. The van der Waals surface area contributed by atoms with Crippen molar-refractivity contribution in [1.29, 1.82) is 0 Å². The average molecular weight is 208 g/mol. The van der Waals surface area contributed by atoms with Crippen LogP contribution in [0.3, 0.4) is 0 Å². The molecular weight excluding hydrogens is 180 g/mol. The van der Waals surface area contributed by atoms with Crippen LogP contribution in [0, 0.1) is 6.92 Å². The van der Waals surface area contributed by atoms with Crippen LogP contribution in [0.2, 0.25) is 0 Å². The minimum atomic E-state index is 1.25. The smallest absolute Gasteiger partial charge is 0.0398 e. The Labute approximate surface area is 96.7 Å². The Morgan fingerprint density at radius 3 is 1.33 bits per heavy atom. The van der Waals surface area contributed by atoms with E-state index >= 15 is 0 Å². The van der Waals surface area contributed by atoms with Crippen LogP contribution in [0.1, 0.15) is 58.9 Å². The summed E-state index contributed by atoms with van der Waals surface area (Å²) in [5.41, 5.74) is 1.32. The van der Waals surface area contributed by atoms with E-state index in [9.17, 15) is 0 Å². The van der Waals surface area contributed by atoms with Crippen LogP contribution in [0.4, 0.5) is 0 Å². The zero-order valence-electron chi connectivity index (χ0n) is 11.2. The fourth-order valence-electron chi connectivity index (χ4n) is 0.534. The second kappa shape index (κ2) is 15.7. The predicted octanol–water partition coefficient (Wildman–Crippen LogP) is 5.61. The lowest BCUT2D eigenvalue weighted by molar-refractivity contribution is 1.09. The first-order valence-electron chi connectivity index (χ1n) is 6.32. The van der Waals surface area contributed by atoms with Crippen LogP contribution < -0.4 is 0 Å². The molecule has 0 unspecified atom stereocenters. The van der Waals surface area contributed by atoms with Crippen LogP contribution in [0.25, 0.3) is 0 Å². The van der Waals surface area contributed by atoms with Crippen LogP contribution >= 0.6 is 0 Å². The molecule has 1 aliphatic carbocycles. The summed E-state index contributed by atoms with van der Waals surface area (Å²) in [4.78, 5) is 0. The molecule has 0 N–H and O–H groups in total. The second-order valence-corrected chi connectivity index (χ2v) is 3.42. The minimum absolute atomic E-state index is 1.25. The molecular formula is C15H28. The number of aryl methyl sites for hydroxylation is 1. The number of benzene rings is 1. The van der Waals surface area contributed by atoms with E-state index in [4.69, 9.17) is 0 Å². The van der Waals surface area contributed by atoms with Crippen molar-refractivity contribution < 1.29 is 0 Å². The van der Waals surface area contributed by atoms with Gasteiger partial charge in [0.25, 0.3) is 0 Å². The van der Waals surface area contributed by atoms with E-state index < -0.39 is 0 Å². The molecule has 0 saturated heterocycles. The Morgan fingerprint density at radius 2 is 1.20 bits per heavy atom. The molecule has 0 heteroatoms. The van der Waals surface area contributed by atoms with E-state index in [1.54, 1.807) is 0 Å². The molecule has 88 valence electrons. The Bertz CT molecular complexity index is 172. The normalized spacial score (nSPS) is 10.5. The van der Waals surface area contributed by atoms with E-state index in [2.05, 4.69) is 32.9 Å². The van der Waals surface area contributed by atoms with Gasteiger partial charge in [-0.2, -0.15) is 0 Å². The Morgan fingerprint density at radius 1 is 0.867 bits per heavy atom. The van der Waals surface area contributed by atoms with Gasteiger partial charge in [0.1, 0.15) is 0 Å². The highest BCUT2D eigenvalue weighted by molar-refractivity contribution is 5.11. The maximum atomic E-state index is 2.12. The summed E-state index contributed by atoms with van der Waals surface area (Å²) in [5.74, 6) is 0. The molecule has 1 aliphatic rings. The molecule has 0 aliphatic heterocycles. The molecule has 2 rings (SSSR count). The lowest BCUT2D eigenvalue weighted by atomic mass is 10.2. The first-order chi connectivity index (χ1) is 7.31. The SMILES string of the molecule is C1CC1.CC.CCC.Cc1ccccc1. The minimum Gasteiger partial charge on any atom is -0.0683 e. The van der Waals surface area contributed by atoms with Gasteiger partial charge in [0.05, 0.1) is 0 Å². The van der Waals surface area contributed by atoms with Crippen LogP contribution in [0.15, 0.2) is 30.3 Å². The molecule has 0 aromatic heterocycles. The third kappa shape index (κ3) is 24.6. The van der Waals surface area contributed by atoms with Crippen LogP contribution in [-0.4, -0.2) is 0 Å². The van der Waals surface area contributed by atoms with E-state index in [0.29, 0.717) is 0 Å². The highest BCUT2D eigenvalue weighted by Crippen LogP contribution is 2.14. The predicted molar refractivity (Wildman–Crippen MR) is 72.3 cm³/mol. The molecule has 0 radical (unpaired) electrons. The summed E-state index contributed by atoms with van der Waals surface area (Å²) in [6.07, 6.45) is 5.75. The number of hydrogen-bond acceptors (Lipinski definition) is 0. The van der Waals surface area contributed by atoms with Crippen molar-refractivity contribution in [2.75, 3.05) is 0 Å². The van der Waals surface area contributed by atoms with Crippen molar-refractivity contribution in [2.24, 2.45) is 0 Å². The monoisotopic (exact) mass is 208 g/mol. The molecule has 0 heterocycles. The number of rotatable bonds is 0. The van der Waals surface area contributed by atoms with Gasteiger partial charge in [-0.05, 0) is 6.92 Å². The molecule has 0 bridgehead atoms. The maximum Gasteiger partial charge on any atom is -0.0398 e. The molecule has 1 aromatic carbocycles. The van der Waals surface area contributed by atoms with E-state index in [1.165, 1.54) is 31.2 Å². The third-order valence-corrected chi connectivity index (χ3v) is 1.29. The molecule has 1 saturated carbocycles. The van der Waals surface area contributed by atoms with Crippen molar-refractivity contribution in [3.8, 4) is 0 Å². The van der Waals surface area contributed by atoms with Gasteiger partial charge in [-0.3, -0.25) is 0 Å². The summed E-state index contributed by atoms with van der Waals surface area (Å²) in [7, 11) is 0. The summed E-state index contributed by atoms with van der Waals surface area (Å²) in [6, 6.07) is 10.3. The maximum absolute atomic E-state index is 2.12. The van der Waals surface area contributed by atoms with Gasteiger partial charge in [-0.25, -0.2) is 0 Å². The Balaban J connectivity index is 0. The van der Waals surface area contributed by atoms with Gasteiger partial charge in [-0.15, -0.1) is 0 Å². The zero-order valence-corrected chi connectivity index (χ0v) is 11.2. The largest absolute Gasteiger partial charge is 0.0683 e. The molecule has 0 atom stereocenters. The second-order valence-electron chi connectivity index (χ2n) is 3.42. The standard InChI is InChI=1S/C7H8.C3H6.C3H8.C2H6/c1-7-5-3-2-4-6-7;1-2-3-1;1-3-2;1-2/h2-6H,1H3;1-3H2;3H2,1-2H3;1-2H3. The summed E-state index contributed by atoms with van der Waals surface area (Å²) >= 11 is 0. The summed E-state index contributed by atoms with van der Waals surface area (Å²) < 4.78 is 0. The van der Waals surface area contributed by atoms with Gasteiger partial charge < -0.3 is 0 Å². The lowest BCUT2D eigenvalue weighted by Crippen LogP contribution is -1.62. The van der Waals surface area contributed by atoms with Crippen LogP contribution in [0.5, 0.6) is 0 Å². The fraction of sp³-hybridized carbons (Fsp3) is 0.600. The van der Waals surface area contributed by atoms with Crippen molar-refractivity contribution in [2.45, 2.75) is 60.3 Å². The van der Waals surface area contributed by atoms with Gasteiger partial charge in [0.2, 0.25) is 0 Å². The van der Waals surface area contributed by atoms with Crippen molar-refractivity contribution in [3.05, 3.63) is 35.9 Å². The van der Waals surface area contributed by atoms with Gasteiger partial charge in [0.15, 0.2) is 0 Å². The van der Waals surface area contributed by atoms with Gasteiger partial charge in [0, 0.05) is 0 Å². The van der Waals surface area contributed by atoms with Crippen molar-refractivity contribution in [1.82, 2.24) is 0 Å². The van der Waals surface area contributed by atoms with E-state index in [-0.39, 0.29) is 0 Å². The van der Waals surface area contributed by atoms with Crippen molar-refractivity contribution in [3.63, 3.8) is 0 Å². The first kappa shape index (κ1) is 16.6. The van der Waals surface area contributed by atoms with E-state index in [1.807, 2.05) is 32.0 Å². The summed E-state index contributed by atoms with van der Waals surface area (Å²) in [5, 5.41) is 0. The Hall–Kier alpha value is -0.780. The molecule has 1 aromatic rings. The fourth-order valence-corrected chi connectivity index (χ4v) is 0.534. The molecule has 1 fully saturated rings. The average Bonchev–Trinajstić information content (AvgIpc) is 3.10. The topological polar surface area (TPSA) is 0 Å². The number of hydrogen-bond donors (Lipinski definition) is 0. The van der Waals surface area contributed by atoms with Crippen LogP contribution in [-0.2, 0) is 0 Å². The van der Waals surface area contributed by atoms with E-state index in [0.717, 1.165) is 0 Å². The lowest BCUT2D eigenvalue weighted by Gasteiger charge is -1.82. The quantitative estimate of drug-likeness (QED) is 0.520. The van der Waals surface area contributed by atoms with Crippen molar-refractivity contribution >= 4 is 0 Å². The first-order valence-corrected chi connectivity index (χ1v) is 6.32. The molecule has 0 amide bonds. The van der Waals surface area contributed by atoms with Gasteiger partial charge >= 0.3 is 0 Å². The molecule has 0 nitrogen and oxygen atoms in total.